The molecule has 1 aromatic carbocycles. The van der Waals surface area contributed by atoms with Crippen molar-refractivity contribution in [2.75, 3.05) is 25.0 Å². The maximum atomic E-state index is 11.5. The second kappa shape index (κ2) is 7.39. The van der Waals surface area contributed by atoms with Gasteiger partial charge in [-0.1, -0.05) is 13.0 Å². The SMILES string of the molecule is CCCN(CC(=O)NC)c1ccc(CO)cc1C#N. The van der Waals surface area contributed by atoms with Crippen LogP contribution in [0.15, 0.2) is 18.2 Å². The molecule has 5 nitrogen and oxygen atoms in total. The third-order valence-electron chi connectivity index (χ3n) is 2.81. The molecule has 2 N–H and O–H groups in total. The van der Waals surface area contributed by atoms with Crippen LogP contribution in [0.25, 0.3) is 0 Å². The Kier molecular flexibility index (Phi) is 5.83. The fraction of sp³-hybridized carbons (Fsp3) is 0.429. The molecule has 0 saturated heterocycles. The number of hydrogen-bond acceptors (Lipinski definition) is 4. The van der Waals surface area contributed by atoms with Crippen molar-refractivity contribution < 1.29 is 9.90 Å². The van der Waals surface area contributed by atoms with E-state index < -0.39 is 0 Å². The third-order valence-corrected chi connectivity index (χ3v) is 2.81. The lowest BCUT2D eigenvalue weighted by molar-refractivity contribution is -0.119. The smallest absolute Gasteiger partial charge is 0.239 e. The quantitative estimate of drug-likeness (QED) is 0.801. The van der Waals surface area contributed by atoms with E-state index in [0.29, 0.717) is 17.7 Å². The van der Waals surface area contributed by atoms with Gasteiger partial charge in [-0.15, -0.1) is 0 Å². The van der Waals surface area contributed by atoms with E-state index in [0.717, 1.165) is 12.1 Å². The molecule has 1 rings (SSSR count). The van der Waals surface area contributed by atoms with Crippen LogP contribution in [-0.4, -0.2) is 31.2 Å². The molecule has 19 heavy (non-hydrogen) atoms. The van der Waals surface area contributed by atoms with Gasteiger partial charge >= 0.3 is 0 Å². The molecule has 102 valence electrons. The van der Waals surface area contributed by atoms with Crippen LogP contribution < -0.4 is 10.2 Å². The summed E-state index contributed by atoms with van der Waals surface area (Å²) in [6.07, 6.45) is 0.879. The third kappa shape index (κ3) is 3.97. The van der Waals surface area contributed by atoms with Crippen molar-refractivity contribution in [2.24, 2.45) is 0 Å². The molecule has 0 bridgehead atoms. The lowest BCUT2D eigenvalue weighted by Crippen LogP contribution is -2.36. The van der Waals surface area contributed by atoms with Crippen molar-refractivity contribution in [3.8, 4) is 6.07 Å². The van der Waals surface area contributed by atoms with E-state index in [4.69, 9.17) is 5.11 Å². The average molecular weight is 261 g/mol. The number of carbonyl (C=O) groups is 1. The van der Waals surface area contributed by atoms with Crippen LogP contribution in [0, 0.1) is 11.3 Å². The van der Waals surface area contributed by atoms with Crippen LogP contribution >= 0.6 is 0 Å². The molecule has 0 aliphatic heterocycles. The zero-order chi connectivity index (χ0) is 14.3. The molecule has 0 saturated carbocycles. The molecule has 0 fully saturated rings. The highest BCUT2D eigenvalue weighted by atomic mass is 16.3. The van der Waals surface area contributed by atoms with E-state index in [1.165, 1.54) is 0 Å². The zero-order valence-electron chi connectivity index (χ0n) is 11.3. The standard InChI is InChI=1S/C14H19N3O2/c1-3-6-17(9-14(19)16-2)13-5-4-11(10-18)7-12(13)8-15/h4-5,7,18H,3,6,9-10H2,1-2H3,(H,16,19). The Bertz CT molecular complexity index is 480. The van der Waals surface area contributed by atoms with Crippen LogP contribution in [0.1, 0.15) is 24.5 Å². The van der Waals surface area contributed by atoms with Gasteiger partial charge in [0.2, 0.25) is 5.91 Å². The number of nitrogens with zero attached hydrogens (tertiary/aromatic N) is 2. The van der Waals surface area contributed by atoms with E-state index in [1.807, 2.05) is 11.8 Å². The molecule has 0 heterocycles. The second-order valence-corrected chi connectivity index (χ2v) is 4.22. The summed E-state index contributed by atoms with van der Waals surface area (Å²) < 4.78 is 0. The summed E-state index contributed by atoms with van der Waals surface area (Å²) >= 11 is 0. The van der Waals surface area contributed by atoms with Gasteiger partial charge in [-0.2, -0.15) is 5.26 Å². The minimum Gasteiger partial charge on any atom is -0.392 e. The van der Waals surface area contributed by atoms with Gasteiger partial charge in [0.15, 0.2) is 0 Å². The molecule has 0 unspecified atom stereocenters. The Labute approximate surface area is 113 Å². The molecule has 0 spiro atoms. The number of rotatable bonds is 6. The van der Waals surface area contributed by atoms with E-state index in [-0.39, 0.29) is 19.1 Å². The van der Waals surface area contributed by atoms with Gasteiger partial charge < -0.3 is 15.3 Å². The number of nitrogens with one attached hydrogen (secondary N) is 1. The Hall–Kier alpha value is -2.06. The fourth-order valence-electron chi connectivity index (χ4n) is 1.85. The molecule has 1 aromatic rings. The van der Waals surface area contributed by atoms with Crippen molar-refractivity contribution in [3.63, 3.8) is 0 Å². The first-order chi connectivity index (χ1) is 9.15. The molecule has 5 heteroatoms. The van der Waals surface area contributed by atoms with Crippen molar-refractivity contribution in [3.05, 3.63) is 29.3 Å². The number of carbonyl (C=O) groups excluding carboxylic acids is 1. The summed E-state index contributed by atoms with van der Waals surface area (Å²) in [5.41, 5.74) is 1.89. The molecular weight excluding hydrogens is 242 g/mol. The lowest BCUT2D eigenvalue weighted by atomic mass is 10.1. The van der Waals surface area contributed by atoms with Crippen LogP contribution in [0.4, 0.5) is 5.69 Å². The number of anilines is 1. The first kappa shape index (κ1) is 15.0. The Morgan fingerprint density at radius 1 is 1.53 bits per heavy atom. The van der Waals surface area contributed by atoms with E-state index >= 15 is 0 Å². The normalized spacial score (nSPS) is 9.79. The van der Waals surface area contributed by atoms with Crippen LogP contribution in [0.2, 0.25) is 0 Å². The number of aliphatic hydroxyl groups excluding tert-OH is 1. The molecular formula is C14H19N3O2. The van der Waals surface area contributed by atoms with Gasteiger partial charge in [-0.25, -0.2) is 0 Å². The largest absolute Gasteiger partial charge is 0.392 e. The van der Waals surface area contributed by atoms with Gasteiger partial charge in [0, 0.05) is 13.6 Å². The topological polar surface area (TPSA) is 76.4 Å². The van der Waals surface area contributed by atoms with Gasteiger partial charge in [0.1, 0.15) is 6.07 Å². The number of aliphatic hydroxyl groups is 1. The van der Waals surface area contributed by atoms with Crippen molar-refractivity contribution in [1.29, 1.82) is 5.26 Å². The molecule has 0 aliphatic rings. The van der Waals surface area contributed by atoms with E-state index in [9.17, 15) is 10.1 Å². The van der Waals surface area contributed by atoms with Crippen LogP contribution in [0.3, 0.4) is 0 Å². The van der Waals surface area contributed by atoms with Gasteiger partial charge in [-0.3, -0.25) is 4.79 Å². The summed E-state index contributed by atoms with van der Waals surface area (Å²) in [5.74, 6) is -0.0939. The molecule has 0 radical (unpaired) electrons. The predicted molar refractivity (Wildman–Crippen MR) is 73.7 cm³/mol. The minimum atomic E-state index is -0.0990. The first-order valence-corrected chi connectivity index (χ1v) is 6.25. The minimum absolute atomic E-state index is 0.0939. The molecule has 0 atom stereocenters. The number of likely N-dealkylation sites (N-methyl/N-ethyl adjacent to an activating group) is 1. The van der Waals surface area contributed by atoms with Crippen LogP contribution in [-0.2, 0) is 11.4 Å². The summed E-state index contributed by atoms with van der Waals surface area (Å²) in [4.78, 5) is 13.4. The van der Waals surface area contributed by atoms with Crippen molar-refractivity contribution >= 4 is 11.6 Å². The summed E-state index contributed by atoms with van der Waals surface area (Å²) in [6.45, 7) is 2.83. The summed E-state index contributed by atoms with van der Waals surface area (Å²) in [5, 5.41) is 20.9. The summed E-state index contributed by atoms with van der Waals surface area (Å²) in [6, 6.07) is 7.32. The number of amides is 1. The van der Waals surface area contributed by atoms with Gasteiger partial charge in [0.05, 0.1) is 24.4 Å². The first-order valence-electron chi connectivity index (χ1n) is 6.25. The van der Waals surface area contributed by atoms with Gasteiger partial charge in [0.25, 0.3) is 0 Å². The average Bonchev–Trinajstić information content (AvgIpc) is 2.45. The highest BCUT2D eigenvalue weighted by Gasteiger charge is 2.14. The Balaban J connectivity index is 3.08. The fourth-order valence-corrected chi connectivity index (χ4v) is 1.85. The Morgan fingerprint density at radius 2 is 2.26 bits per heavy atom. The van der Waals surface area contributed by atoms with Gasteiger partial charge in [-0.05, 0) is 24.1 Å². The number of benzene rings is 1. The van der Waals surface area contributed by atoms with E-state index in [2.05, 4.69) is 11.4 Å². The van der Waals surface area contributed by atoms with Crippen LogP contribution in [0.5, 0.6) is 0 Å². The van der Waals surface area contributed by atoms with Crippen molar-refractivity contribution in [1.82, 2.24) is 5.32 Å². The number of nitriles is 1. The molecule has 0 aromatic heterocycles. The van der Waals surface area contributed by atoms with E-state index in [1.54, 1.807) is 25.2 Å². The molecule has 0 aliphatic carbocycles. The highest BCUT2D eigenvalue weighted by Crippen LogP contribution is 2.21. The zero-order valence-corrected chi connectivity index (χ0v) is 11.3. The highest BCUT2D eigenvalue weighted by molar-refractivity contribution is 5.81. The molecule has 1 amide bonds. The predicted octanol–water partition coefficient (Wildman–Crippen LogP) is 1.01. The van der Waals surface area contributed by atoms with Crippen molar-refractivity contribution in [2.45, 2.75) is 20.0 Å². The maximum absolute atomic E-state index is 11.5. The maximum Gasteiger partial charge on any atom is 0.239 e. The number of hydrogen-bond donors (Lipinski definition) is 2. The monoisotopic (exact) mass is 261 g/mol. The summed E-state index contributed by atoms with van der Waals surface area (Å²) in [7, 11) is 1.59. The second-order valence-electron chi connectivity index (χ2n) is 4.22. The lowest BCUT2D eigenvalue weighted by Gasteiger charge is -2.24. The Morgan fingerprint density at radius 3 is 2.79 bits per heavy atom.